The van der Waals surface area contributed by atoms with Crippen LogP contribution in [0.1, 0.15) is 16.7 Å². The molecule has 0 aliphatic rings. The zero-order valence-electron chi connectivity index (χ0n) is 39.9. The molecule has 0 fully saturated rings. The van der Waals surface area contributed by atoms with Crippen molar-refractivity contribution in [3.63, 3.8) is 0 Å². The topological polar surface area (TPSA) is 89.5 Å². The van der Waals surface area contributed by atoms with Crippen LogP contribution in [-0.2, 0) is 6.18 Å². The van der Waals surface area contributed by atoms with Crippen LogP contribution in [0.5, 0.6) is 23.0 Å². The number of ether oxygens (including phenoxy) is 2. The maximum absolute atomic E-state index is 12.9. The Morgan fingerprint density at radius 3 is 1.03 bits per heavy atom. The molecule has 2 aromatic heterocycles. The van der Waals surface area contributed by atoms with E-state index in [0.29, 0.717) is 56.5 Å². The Balaban J connectivity index is 0.000000206. The molecule has 9 aromatic carbocycles. The first-order chi connectivity index (χ1) is 35.5. The molecule has 2 heterocycles. The molecule has 0 unspecified atom stereocenters. The largest absolute Gasteiger partial charge is 0.497 e. The molecule has 366 valence electrons. The van der Waals surface area contributed by atoms with Crippen LogP contribution in [0.15, 0.2) is 223 Å². The Labute approximate surface area is 422 Å². The predicted molar refractivity (Wildman–Crippen MR) is 289 cm³/mol. The van der Waals surface area contributed by atoms with Crippen molar-refractivity contribution >= 4 is 84.2 Å². The Morgan fingerprint density at radius 2 is 0.712 bits per heavy atom. The molecule has 0 saturated heterocycles. The maximum atomic E-state index is 12.9. The summed E-state index contributed by atoms with van der Waals surface area (Å²) in [7, 11) is -1.51. The fourth-order valence-corrected chi connectivity index (χ4v) is 12.5. The predicted octanol–water partition coefficient (Wildman–Crippen LogP) is 17.3. The summed E-state index contributed by atoms with van der Waals surface area (Å²) in [6.07, 6.45) is -4.31. The van der Waals surface area contributed by atoms with Gasteiger partial charge in [0.15, 0.2) is 0 Å². The van der Waals surface area contributed by atoms with Gasteiger partial charge in [0.25, 0.3) is 0 Å². The van der Waals surface area contributed by atoms with Crippen molar-refractivity contribution in [3.05, 3.63) is 223 Å². The maximum Gasteiger partial charge on any atom is 0.453 e. The summed E-state index contributed by atoms with van der Waals surface area (Å²) in [5, 5.41) is 6.87. The SMILES string of the molecule is COc1ccc(Op2oc3ccccc3c3ccccc3o2)c(-c2cc(OC)ccc2Op2oc3ccccc3c3ccccc3o2)c1.Cc1ccc(P(c2ccc(C)cc2)c2ccc(C(F)(F)F)cc2)cc1. The average Bonchev–Trinajstić information content (AvgIpc) is 3.67. The van der Waals surface area contributed by atoms with Crippen molar-refractivity contribution in [2.24, 2.45) is 0 Å². The van der Waals surface area contributed by atoms with Crippen molar-refractivity contribution in [1.82, 2.24) is 0 Å². The highest BCUT2D eigenvalue weighted by atomic mass is 31.1. The van der Waals surface area contributed by atoms with Gasteiger partial charge in [0.2, 0.25) is 0 Å². The summed E-state index contributed by atoms with van der Waals surface area (Å²) in [5.41, 5.74) is 5.70. The van der Waals surface area contributed by atoms with Gasteiger partial charge in [-0.05, 0) is 110 Å². The summed E-state index contributed by atoms with van der Waals surface area (Å²) in [6, 6.07) is 64.3. The highest BCUT2D eigenvalue weighted by Crippen LogP contribution is 2.48. The number of para-hydroxylation sites is 4. The minimum Gasteiger partial charge on any atom is -0.497 e. The molecule has 0 spiro atoms. The fourth-order valence-electron chi connectivity index (χ4n) is 8.16. The lowest BCUT2D eigenvalue weighted by Crippen LogP contribution is -2.21. The zero-order chi connectivity index (χ0) is 50.5. The molecule has 0 radical (unpaired) electrons. The molecule has 0 atom stereocenters. The standard InChI is InChI=1S/C38H28O8P2.C21H18F3P/c1-39-25-19-21-37(45-47-41-33-15-7-3-11-27(33)28-12-4-8-16-34(28)42-47)31(23-25)32-24-26(40-2)20-22-38(32)46-48-43-35-17-9-5-13-29(35)30-14-6-10-18-36(30)44-48;1-15-3-9-18(10-4-15)25(19-11-5-16(2)6-12-19)20-13-7-17(8-14-20)21(22,23)24/h3-24H,1-2H3;3-14H,1-2H3. The summed E-state index contributed by atoms with van der Waals surface area (Å²) < 4.78 is 88.5. The van der Waals surface area contributed by atoms with Crippen LogP contribution in [-0.4, -0.2) is 14.2 Å². The average molecular weight is 1030 g/mol. The lowest BCUT2D eigenvalue weighted by molar-refractivity contribution is -0.137. The van der Waals surface area contributed by atoms with Crippen LogP contribution in [0.4, 0.5) is 13.2 Å². The van der Waals surface area contributed by atoms with Gasteiger partial charge in [0.05, 0.1) is 19.8 Å². The summed E-state index contributed by atoms with van der Waals surface area (Å²) in [5.74, 6) is 2.21. The Kier molecular flexibility index (Phi) is 14.4. The second-order valence-electron chi connectivity index (χ2n) is 16.8. The summed E-state index contributed by atoms with van der Waals surface area (Å²) in [4.78, 5) is 0. The van der Waals surface area contributed by atoms with E-state index in [1.807, 2.05) is 172 Å². The van der Waals surface area contributed by atoms with E-state index in [0.717, 1.165) is 48.6 Å². The third-order valence-electron chi connectivity index (χ3n) is 11.9. The fraction of sp³-hybridized carbons (Fsp3) is 0.0847. The van der Waals surface area contributed by atoms with Crippen molar-refractivity contribution < 1.29 is 48.5 Å². The van der Waals surface area contributed by atoms with E-state index in [2.05, 4.69) is 24.3 Å². The molecule has 11 aromatic rings. The van der Waals surface area contributed by atoms with Gasteiger partial charge in [0.1, 0.15) is 45.3 Å². The molecular formula is C59H46F3O8P3. The smallest absolute Gasteiger partial charge is 0.453 e. The van der Waals surface area contributed by atoms with Gasteiger partial charge in [-0.1, -0.05) is 145 Å². The van der Waals surface area contributed by atoms with Gasteiger partial charge >= 0.3 is 22.7 Å². The molecule has 0 bridgehead atoms. The lowest BCUT2D eigenvalue weighted by Gasteiger charge is -2.20. The van der Waals surface area contributed by atoms with Crippen LogP contribution in [0, 0.1) is 13.8 Å². The molecular weight excluding hydrogens is 987 g/mol. The quantitative estimate of drug-likeness (QED) is 0.125. The molecule has 0 N–H and O–H groups in total. The zero-order valence-corrected chi connectivity index (χ0v) is 42.6. The number of alkyl halides is 3. The summed E-state index contributed by atoms with van der Waals surface area (Å²) in [6.45, 7) is 4.05. The number of halogens is 3. The highest BCUT2D eigenvalue weighted by molar-refractivity contribution is 7.79. The first kappa shape index (κ1) is 48.8. The number of fused-ring (bicyclic) bond motifs is 6. The first-order valence-electron chi connectivity index (χ1n) is 23.0. The van der Waals surface area contributed by atoms with Gasteiger partial charge < -0.3 is 35.3 Å². The molecule has 11 rings (SSSR count). The third kappa shape index (κ3) is 11.0. The monoisotopic (exact) mass is 1030 g/mol. The second kappa shape index (κ2) is 21.5. The second-order valence-corrected chi connectivity index (χ2v) is 21.0. The van der Waals surface area contributed by atoms with Crippen molar-refractivity contribution in [3.8, 4) is 34.1 Å². The van der Waals surface area contributed by atoms with Crippen LogP contribution < -0.4 is 34.4 Å². The van der Waals surface area contributed by atoms with E-state index in [-0.39, 0.29) is 0 Å². The molecule has 0 aliphatic carbocycles. The van der Waals surface area contributed by atoms with E-state index >= 15 is 0 Å². The summed E-state index contributed by atoms with van der Waals surface area (Å²) >= 11 is 0. The number of hydrogen-bond donors (Lipinski definition) is 0. The van der Waals surface area contributed by atoms with Crippen LogP contribution in [0.25, 0.3) is 55.0 Å². The van der Waals surface area contributed by atoms with Gasteiger partial charge in [-0.3, -0.25) is 0 Å². The number of aryl methyl sites for hydroxylation is 2. The van der Waals surface area contributed by atoms with E-state index in [1.54, 1.807) is 26.4 Å². The van der Waals surface area contributed by atoms with Crippen LogP contribution >= 0.6 is 24.4 Å². The molecule has 8 nitrogen and oxygen atoms in total. The number of benzene rings is 9. The lowest BCUT2D eigenvalue weighted by atomic mass is 10.0. The minimum absolute atomic E-state index is 0.489. The van der Waals surface area contributed by atoms with E-state index in [9.17, 15) is 13.2 Å². The molecule has 73 heavy (non-hydrogen) atoms. The Bertz CT molecular complexity index is 3460. The highest BCUT2D eigenvalue weighted by Gasteiger charge is 2.30. The van der Waals surface area contributed by atoms with E-state index in [4.69, 9.17) is 35.3 Å². The molecule has 14 heteroatoms. The number of rotatable bonds is 10. The molecule has 0 saturated carbocycles. The van der Waals surface area contributed by atoms with Crippen LogP contribution in [0.3, 0.4) is 0 Å². The van der Waals surface area contributed by atoms with Crippen molar-refractivity contribution in [2.45, 2.75) is 20.0 Å². The number of methoxy groups -OCH3 is 2. The molecule has 0 aliphatic heterocycles. The van der Waals surface area contributed by atoms with Crippen LogP contribution in [0.2, 0.25) is 0 Å². The minimum atomic E-state index is -4.31. The van der Waals surface area contributed by atoms with Crippen molar-refractivity contribution in [1.29, 1.82) is 0 Å². The van der Waals surface area contributed by atoms with Gasteiger partial charge in [-0.25, -0.2) is 0 Å². The van der Waals surface area contributed by atoms with Gasteiger partial charge in [0, 0.05) is 32.7 Å². The van der Waals surface area contributed by atoms with Gasteiger partial charge in [-0.2, -0.15) is 13.2 Å². The third-order valence-corrected chi connectivity index (χ3v) is 16.4. The van der Waals surface area contributed by atoms with Crippen molar-refractivity contribution in [2.75, 3.05) is 14.2 Å². The Hall–Kier alpha value is -7.80. The normalized spacial score (nSPS) is 11.3. The van der Waals surface area contributed by atoms with Gasteiger partial charge in [-0.15, -0.1) is 0 Å². The number of hydrogen-bond acceptors (Lipinski definition) is 8. The Morgan fingerprint density at radius 1 is 0.397 bits per heavy atom. The first-order valence-corrected chi connectivity index (χ1v) is 26.6. The van der Waals surface area contributed by atoms with E-state index in [1.165, 1.54) is 12.1 Å². The van der Waals surface area contributed by atoms with E-state index < -0.39 is 36.1 Å². The molecule has 0 amide bonds.